The summed E-state index contributed by atoms with van der Waals surface area (Å²) in [6.07, 6.45) is 7.75. The van der Waals surface area contributed by atoms with Crippen LogP contribution in [0.2, 0.25) is 0 Å². The lowest BCUT2D eigenvalue weighted by Crippen LogP contribution is -2.50. The molecule has 4 heterocycles. The van der Waals surface area contributed by atoms with E-state index in [0.717, 1.165) is 24.6 Å². The summed E-state index contributed by atoms with van der Waals surface area (Å²) in [6, 6.07) is 2.04. The molecule has 0 aromatic carbocycles. The molecule has 5 rings (SSSR count). The first-order chi connectivity index (χ1) is 16.8. The summed E-state index contributed by atoms with van der Waals surface area (Å²) in [6.45, 7) is 6.12. The standard InChI is InChI=1S/C24H36N6O4S/c1-16-4-3-5-21(16)30-22-18(14-17(2)23(30)31)15-25-24(27-22)26-19-6-10-29(11-7-19)35(32,33)28-20-8-12-34-13-9-20/h14-16,19-21,28H,3-13H2,1-2H3,(H,25,26,27)/t16-,21+/m0/s1. The van der Waals surface area contributed by atoms with Crippen LogP contribution in [0.15, 0.2) is 17.1 Å². The van der Waals surface area contributed by atoms with Crippen molar-refractivity contribution in [2.45, 2.75) is 76.9 Å². The number of hydrogen-bond acceptors (Lipinski definition) is 7. The molecular weight excluding hydrogens is 468 g/mol. The van der Waals surface area contributed by atoms with Gasteiger partial charge in [-0.05, 0) is 57.4 Å². The highest BCUT2D eigenvalue weighted by molar-refractivity contribution is 7.87. The smallest absolute Gasteiger partial charge is 0.279 e. The van der Waals surface area contributed by atoms with E-state index in [4.69, 9.17) is 9.72 Å². The summed E-state index contributed by atoms with van der Waals surface area (Å²) < 4.78 is 37.2. The molecule has 192 valence electrons. The number of hydrogen-bond donors (Lipinski definition) is 2. The number of nitrogens with zero attached hydrogens (tertiary/aromatic N) is 4. The highest BCUT2D eigenvalue weighted by atomic mass is 32.2. The van der Waals surface area contributed by atoms with E-state index < -0.39 is 10.2 Å². The van der Waals surface area contributed by atoms with Gasteiger partial charge in [0.2, 0.25) is 5.95 Å². The van der Waals surface area contributed by atoms with Crippen molar-refractivity contribution >= 4 is 27.2 Å². The Labute approximate surface area is 206 Å². The molecule has 3 aliphatic rings. The minimum Gasteiger partial charge on any atom is -0.381 e. The third-order valence-corrected chi connectivity index (χ3v) is 9.44. The second-order valence-corrected chi connectivity index (χ2v) is 12.0. The maximum absolute atomic E-state index is 13.1. The second-order valence-electron chi connectivity index (χ2n) is 10.3. The lowest BCUT2D eigenvalue weighted by atomic mass is 10.1. The molecule has 0 radical (unpaired) electrons. The van der Waals surface area contributed by atoms with Crippen LogP contribution in [0.1, 0.15) is 63.5 Å². The number of nitrogens with one attached hydrogen (secondary N) is 2. The summed E-state index contributed by atoms with van der Waals surface area (Å²) in [7, 11) is -3.51. The van der Waals surface area contributed by atoms with Gasteiger partial charge in [-0.2, -0.15) is 22.4 Å². The Kier molecular flexibility index (Phi) is 7.11. The zero-order valence-corrected chi connectivity index (χ0v) is 21.4. The number of ether oxygens (including phenoxy) is 1. The van der Waals surface area contributed by atoms with Crippen molar-refractivity contribution in [1.29, 1.82) is 0 Å². The molecule has 35 heavy (non-hydrogen) atoms. The molecule has 0 bridgehead atoms. The maximum atomic E-state index is 13.1. The molecule has 2 atom stereocenters. The second kappa shape index (κ2) is 10.1. The van der Waals surface area contributed by atoms with E-state index in [1.807, 2.05) is 17.6 Å². The Morgan fingerprint density at radius 2 is 1.80 bits per heavy atom. The van der Waals surface area contributed by atoms with E-state index >= 15 is 0 Å². The number of fused-ring (bicyclic) bond motifs is 1. The fourth-order valence-electron chi connectivity index (χ4n) is 5.67. The Morgan fingerprint density at radius 3 is 2.49 bits per heavy atom. The highest BCUT2D eigenvalue weighted by Crippen LogP contribution is 2.36. The Balaban J connectivity index is 1.28. The summed E-state index contributed by atoms with van der Waals surface area (Å²) in [4.78, 5) is 22.4. The number of piperidine rings is 1. The van der Waals surface area contributed by atoms with E-state index in [-0.39, 0.29) is 23.7 Å². The number of anilines is 1. The quantitative estimate of drug-likeness (QED) is 0.620. The largest absolute Gasteiger partial charge is 0.381 e. The molecule has 0 spiro atoms. The third-order valence-electron chi connectivity index (χ3n) is 7.76. The van der Waals surface area contributed by atoms with Crippen molar-refractivity contribution in [1.82, 2.24) is 23.6 Å². The molecule has 2 aliphatic heterocycles. The minimum atomic E-state index is -3.51. The lowest BCUT2D eigenvalue weighted by Gasteiger charge is -2.33. The van der Waals surface area contributed by atoms with Crippen LogP contribution in [-0.2, 0) is 14.9 Å². The van der Waals surface area contributed by atoms with Gasteiger partial charge in [-0.25, -0.2) is 4.98 Å². The molecule has 0 unspecified atom stereocenters. The average molecular weight is 505 g/mol. The summed E-state index contributed by atoms with van der Waals surface area (Å²) in [5.41, 5.74) is 1.41. The summed E-state index contributed by atoms with van der Waals surface area (Å²) in [5, 5.41) is 4.26. The molecule has 1 saturated carbocycles. The highest BCUT2D eigenvalue weighted by Gasteiger charge is 2.31. The van der Waals surface area contributed by atoms with E-state index in [2.05, 4.69) is 21.9 Å². The molecule has 1 aliphatic carbocycles. The SMILES string of the molecule is Cc1cc2cnc(NC3CCN(S(=O)(=O)NC4CCOCC4)CC3)nc2n([C@@H]2CCC[C@@H]2C)c1=O. The first kappa shape index (κ1) is 24.6. The average Bonchev–Trinajstić information content (AvgIpc) is 3.26. The van der Waals surface area contributed by atoms with Crippen LogP contribution in [-0.4, -0.2) is 65.6 Å². The van der Waals surface area contributed by atoms with Crippen molar-refractivity contribution in [2.24, 2.45) is 5.92 Å². The number of pyridine rings is 1. The molecule has 2 saturated heterocycles. The van der Waals surface area contributed by atoms with E-state index in [0.29, 0.717) is 75.1 Å². The zero-order chi connectivity index (χ0) is 24.6. The van der Waals surface area contributed by atoms with Crippen LogP contribution in [0.25, 0.3) is 11.0 Å². The first-order valence-electron chi connectivity index (χ1n) is 12.8. The van der Waals surface area contributed by atoms with Crippen molar-refractivity contribution in [3.63, 3.8) is 0 Å². The van der Waals surface area contributed by atoms with Gasteiger partial charge in [-0.15, -0.1) is 0 Å². The van der Waals surface area contributed by atoms with Gasteiger partial charge in [0, 0.05) is 61.6 Å². The van der Waals surface area contributed by atoms with Gasteiger partial charge in [0.05, 0.1) is 0 Å². The van der Waals surface area contributed by atoms with Crippen LogP contribution >= 0.6 is 0 Å². The van der Waals surface area contributed by atoms with Crippen LogP contribution in [0.3, 0.4) is 0 Å². The Hall–Kier alpha value is -2.08. The number of aromatic nitrogens is 3. The van der Waals surface area contributed by atoms with Gasteiger partial charge in [0.15, 0.2) is 0 Å². The van der Waals surface area contributed by atoms with Gasteiger partial charge in [0.25, 0.3) is 15.8 Å². The third kappa shape index (κ3) is 5.23. The predicted molar refractivity (Wildman–Crippen MR) is 135 cm³/mol. The normalized spacial score (nSPS) is 25.3. The monoisotopic (exact) mass is 504 g/mol. The molecule has 3 fully saturated rings. The first-order valence-corrected chi connectivity index (χ1v) is 14.3. The molecule has 0 amide bonds. The Bertz CT molecular complexity index is 1220. The van der Waals surface area contributed by atoms with E-state index in [1.165, 1.54) is 4.31 Å². The van der Waals surface area contributed by atoms with Gasteiger partial charge in [0.1, 0.15) is 5.65 Å². The van der Waals surface area contributed by atoms with E-state index in [9.17, 15) is 13.2 Å². The van der Waals surface area contributed by atoms with Gasteiger partial charge in [-0.1, -0.05) is 13.3 Å². The molecule has 2 aromatic heterocycles. The van der Waals surface area contributed by atoms with Crippen molar-refractivity contribution in [2.75, 3.05) is 31.6 Å². The molecule has 2 N–H and O–H groups in total. The molecule has 11 heteroatoms. The fraction of sp³-hybridized carbons (Fsp3) is 0.708. The van der Waals surface area contributed by atoms with Crippen molar-refractivity contribution < 1.29 is 13.2 Å². The number of rotatable bonds is 6. The topological polar surface area (TPSA) is 118 Å². The zero-order valence-electron chi connectivity index (χ0n) is 20.6. The van der Waals surface area contributed by atoms with Gasteiger partial charge in [-0.3, -0.25) is 9.36 Å². The van der Waals surface area contributed by atoms with Gasteiger partial charge >= 0.3 is 0 Å². The van der Waals surface area contributed by atoms with Crippen LogP contribution in [0.5, 0.6) is 0 Å². The number of aryl methyl sites for hydroxylation is 1. The van der Waals surface area contributed by atoms with Crippen molar-refractivity contribution in [3.05, 3.63) is 28.2 Å². The lowest BCUT2D eigenvalue weighted by molar-refractivity contribution is 0.0827. The maximum Gasteiger partial charge on any atom is 0.279 e. The predicted octanol–water partition coefficient (Wildman–Crippen LogP) is 2.35. The summed E-state index contributed by atoms with van der Waals surface area (Å²) >= 11 is 0. The minimum absolute atomic E-state index is 0.0245. The molecule has 2 aromatic rings. The fourth-order valence-corrected chi connectivity index (χ4v) is 7.17. The van der Waals surface area contributed by atoms with E-state index in [1.54, 1.807) is 6.20 Å². The Morgan fingerprint density at radius 1 is 1.06 bits per heavy atom. The van der Waals surface area contributed by atoms with Crippen LogP contribution in [0, 0.1) is 12.8 Å². The van der Waals surface area contributed by atoms with Crippen LogP contribution in [0.4, 0.5) is 5.95 Å². The summed E-state index contributed by atoms with van der Waals surface area (Å²) in [5.74, 6) is 0.923. The molecular formula is C24H36N6O4S. The van der Waals surface area contributed by atoms with Crippen LogP contribution < -0.4 is 15.6 Å². The van der Waals surface area contributed by atoms with Gasteiger partial charge < -0.3 is 10.1 Å². The molecule has 10 nitrogen and oxygen atoms in total. The van der Waals surface area contributed by atoms with Crippen molar-refractivity contribution in [3.8, 4) is 0 Å².